The summed E-state index contributed by atoms with van der Waals surface area (Å²) < 4.78 is 40.4. The van der Waals surface area contributed by atoms with Gasteiger partial charge in [0.1, 0.15) is 0 Å². The number of ether oxygens (including phenoxy) is 2. The minimum Gasteiger partial charge on any atom is -0.465 e. The SMILES string of the molecule is COCCn1c(=NC(=O)c2ccc(S(=O)(=O)N(C)C3CCCCC3)cc2)sc2cc(C(=O)OC)ccc21. The Bertz CT molecular complexity index is 1450. The molecule has 1 heterocycles. The molecule has 198 valence electrons. The first-order chi connectivity index (χ1) is 17.8. The first-order valence-corrected chi connectivity index (χ1v) is 14.4. The molecule has 0 bridgehead atoms. The van der Waals surface area contributed by atoms with Crippen LogP contribution in [0, 0.1) is 0 Å². The number of amides is 1. The van der Waals surface area contributed by atoms with Crippen LogP contribution in [-0.2, 0) is 26.0 Å². The minimum absolute atomic E-state index is 0.00487. The van der Waals surface area contributed by atoms with Crippen LogP contribution in [0.1, 0.15) is 52.8 Å². The number of carbonyl (C=O) groups is 2. The number of carbonyl (C=O) groups excluding carboxylic acids is 2. The van der Waals surface area contributed by atoms with E-state index in [2.05, 4.69) is 4.99 Å². The van der Waals surface area contributed by atoms with Gasteiger partial charge in [0, 0.05) is 32.3 Å². The van der Waals surface area contributed by atoms with Crippen molar-refractivity contribution in [2.45, 2.75) is 49.6 Å². The third kappa shape index (κ3) is 5.85. The number of aromatic nitrogens is 1. The van der Waals surface area contributed by atoms with Crippen molar-refractivity contribution in [3.63, 3.8) is 0 Å². The van der Waals surface area contributed by atoms with Crippen LogP contribution in [0.5, 0.6) is 0 Å². The molecule has 3 aromatic rings. The number of nitrogens with zero attached hydrogens (tertiary/aromatic N) is 3. The molecule has 0 atom stereocenters. The normalized spacial score (nSPS) is 15.4. The van der Waals surface area contributed by atoms with Crippen molar-refractivity contribution >= 4 is 43.5 Å². The Morgan fingerprint density at radius 1 is 1.05 bits per heavy atom. The zero-order valence-corrected chi connectivity index (χ0v) is 22.8. The summed E-state index contributed by atoms with van der Waals surface area (Å²) in [5.41, 5.74) is 1.50. The quantitative estimate of drug-likeness (QED) is 0.398. The van der Waals surface area contributed by atoms with E-state index >= 15 is 0 Å². The molecule has 0 unspecified atom stereocenters. The number of hydrogen-bond acceptors (Lipinski definition) is 7. The van der Waals surface area contributed by atoms with E-state index < -0.39 is 21.9 Å². The van der Waals surface area contributed by atoms with Gasteiger partial charge in [0.15, 0.2) is 4.80 Å². The largest absolute Gasteiger partial charge is 0.465 e. The van der Waals surface area contributed by atoms with Crippen LogP contribution < -0.4 is 4.80 Å². The zero-order valence-electron chi connectivity index (χ0n) is 21.2. The highest BCUT2D eigenvalue weighted by Gasteiger charge is 2.29. The van der Waals surface area contributed by atoms with Gasteiger partial charge in [0.2, 0.25) is 10.0 Å². The van der Waals surface area contributed by atoms with Gasteiger partial charge in [0.05, 0.1) is 34.4 Å². The fourth-order valence-corrected chi connectivity index (χ4v) is 7.04. The number of fused-ring (bicyclic) bond motifs is 1. The molecular weight excluding hydrogens is 514 g/mol. The fourth-order valence-electron chi connectivity index (χ4n) is 4.53. The van der Waals surface area contributed by atoms with E-state index in [0.29, 0.717) is 23.5 Å². The average molecular weight is 546 g/mol. The number of methoxy groups -OCH3 is 2. The molecule has 1 aliphatic carbocycles. The Balaban J connectivity index is 1.63. The molecular formula is C26H31N3O6S2. The van der Waals surface area contributed by atoms with Gasteiger partial charge < -0.3 is 14.0 Å². The summed E-state index contributed by atoms with van der Waals surface area (Å²) in [6.07, 6.45) is 4.94. The highest BCUT2D eigenvalue weighted by molar-refractivity contribution is 7.89. The second-order valence-corrected chi connectivity index (χ2v) is 12.0. The maximum atomic E-state index is 13.1. The van der Waals surface area contributed by atoms with Crippen LogP contribution >= 0.6 is 11.3 Å². The summed E-state index contributed by atoms with van der Waals surface area (Å²) in [7, 11) is 0.895. The summed E-state index contributed by atoms with van der Waals surface area (Å²) >= 11 is 1.28. The summed E-state index contributed by atoms with van der Waals surface area (Å²) in [4.78, 5) is 29.9. The molecule has 4 rings (SSSR count). The van der Waals surface area contributed by atoms with Crippen LogP contribution in [-0.4, -0.2) is 63.1 Å². The van der Waals surface area contributed by atoms with Gasteiger partial charge in [0.25, 0.3) is 5.91 Å². The highest BCUT2D eigenvalue weighted by atomic mass is 32.2. The monoisotopic (exact) mass is 545 g/mol. The van der Waals surface area contributed by atoms with Crippen molar-refractivity contribution in [3.05, 3.63) is 58.4 Å². The summed E-state index contributed by atoms with van der Waals surface area (Å²) in [6.45, 7) is 0.873. The number of esters is 1. The van der Waals surface area contributed by atoms with Crippen LogP contribution in [0.25, 0.3) is 10.2 Å². The van der Waals surface area contributed by atoms with Gasteiger partial charge in [-0.15, -0.1) is 0 Å². The lowest BCUT2D eigenvalue weighted by molar-refractivity contribution is 0.0600. The van der Waals surface area contributed by atoms with E-state index in [1.54, 1.807) is 32.4 Å². The molecule has 0 radical (unpaired) electrons. The smallest absolute Gasteiger partial charge is 0.337 e. The van der Waals surface area contributed by atoms with Gasteiger partial charge in [-0.2, -0.15) is 9.30 Å². The topological polar surface area (TPSA) is 107 Å². The second kappa shape index (κ2) is 11.7. The Labute approximate surface area is 220 Å². The van der Waals surface area contributed by atoms with Crippen molar-refractivity contribution in [2.24, 2.45) is 4.99 Å². The molecule has 1 aliphatic rings. The van der Waals surface area contributed by atoms with Crippen molar-refractivity contribution < 1.29 is 27.5 Å². The third-order valence-corrected chi connectivity index (χ3v) is 9.65. The molecule has 1 amide bonds. The van der Waals surface area contributed by atoms with Crippen LogP contribution in [0.3, 0.4) is 0 Å². The van der Waals surface area contributed by atoms with Crippen molar-refractivity contribution in [1.29, 1.82) is 0 Å². The van der Waals surface area contributed by atoms with E-state index in [0.717, 1.165) is 42.3 Å². The standard InChI is InChI=1S/C26H31N3O6S2/c1-28(20-7-5-4-6-8-20)37(32,33)21-12-9-18(10-13-21)24(30)27-26-29(15-16-34-2)22-14-11-19(25(31)35-3)17-23(22)36-26/h9-14,17,20H,4-8,15-16H2,1-3H3. The number of sulfonamides is 1. The van der Waals surface area contributed by atoms with Crippen LogP contribution in [0.4, 0.5) is 0 Å². The van der Waals surface area contributed by atoms with Gasteiger partial charge in [-0.25, -0.2) is 13.2 Å². The van der Waals surface area contributed by atoms with E-state index in [9.17, 15) is 18.0 Å². The lowest BCUT2D eigenvalue weighted by atomic mass is 9.96. The number of benzene rings is 2. The molecule has 1 aromatic heterocycles. The molecule has 0 N–H and O–H groups in total. The molecule has 0 saturated heterocycles. The van der Waals surface area contributed by atoms with E-state index in [1.807, 2.05) is 4.57 Å². The molecule has 0 aliphatic heterocycles. The molecule has 1 fully saturated rings. The second-order valence-electron chi connectivity index (χ2n) is 8.96. The lowest BCUT2D eigenvalue weighted by Crippen LogP contribution is -2.38. The third-order valence-electron chi connectivity index (χ3n) is 6.69. The van der Waals surface area contributed by atoms with Crippen molar-refractivity contribution in [1.82, 2.24) is 8.87 Å². The Kier molecular flexibility index (Phi) is 8.58. The van der Waals surface area contributed by atoms with Crippen molar-refractivity contribution in [2.75, 3.05) is 27.9 Å². The zero-order chi connectivity index (χ0) is 26.6. The maximum Gasteiger partial charge on any atom is 0.337 e. The van der Waals surface area contributed by atoms with Crippen LogP contribution in [0.2, 0.25) is 0 Å². The predicted molar refractivity (Wildman–Crippen MR) is 141 cm³/mol. The Morgan fingerprint density at radius 3 is 2.38 bits per heavy atom. The van der Waals surface area contributed by atoms with E-state index in [-0.39, 0.29) is 16.5 Å². The maximum absolute atomic E-state index is 13.1. The van der Waals surface area contributed by atoms with E-state index in [1.165, 1.54) is 47.0 Å². The van der Waals surface area contributed by atoms with Gasteiger partial charge in [-0.05, 0) is 55.3 Å². The lowest BCUT2D eigenvalue weighted by Gasteiger charge is -2.30. The molecule has 11 heteroatoms. The predicted octanol–water partition coefficient (Wildman–Crippen LogP) is 3.83. The Morgan fingerprint density at radius 2 is 1.73 bits per heavy atom. The molecule has 1 saturated carbocycles. The average Bonchev–Trinajstić information content (AvgIpc) is 3.27. The highest BCUT2D eigenvalue weighted by Crippen LogP contribution is 2.27. The number of rotatable bonds is 8. The molecule has 37 heavy (non-hydrogen) atoms. The first-order valence-electron chi connectivity index (χ1n) is 12.1. The van der Waals surface area contributed by atoms with E-state index in [4.69, 9.17) is 9.47 Å². The minimum atomic E-state index is -3.65. The van der Waals surface area contributed by atoms with Crippen molar-refractivity contribution in [3.8, 4) is 0 Å². The molecule has 2 aromatic carbocycles. The van der Waals surface area contributed by atoms with Gasteiger partial charge >= 0.3 is 5.97 Å². The van der Waals surface area contributed by atoms with Crippen LogP contribution in [0.15, 0.2) is 52.4 Å². The summed E-state index contributed by atoms with van der Waals surface area (Å²) in [5, 5.41) is 0. The molecule has 0 spiro atoms. The number of hydrogen-bond donors (Lipinski definition) is 0. The molecule has 9 nitrogen and oxygen atoms in total. The number of thiazole rings is 1. The summed E-state index contributed by atoms with van der Waals surface area (Å²) in [5.74, 6) is -0.937. The van der Waals surface area contributed by atoms with Gasteiger partial charge in [-0.3, -0.25) is 4.79 Å². The van der Waals surface area contributed by atoms with Gasteiger partial charge in [-0.1, -0.05) is 30.6 Å². The Hall–Kier alpha value is -2.86. The first kappa shape index (κ1) is 27.2. The summed E-state index contributed by atoms with van der Waals surface area (Å²) in [6, 6.07) is 11.1. The fraction of sp³-hybridized carbons (Fsp3) is 0.423.